The molecule has 4 rings (SSSR count). The Morgan fingerprint density at radius 3 is 2.81 bits per heavy atom. The smallest absolute Gasteiger partial charge is 0.320 e. The molecule has 7 nitrogen and oxygen atoms in total. The molecule has 0 saturated carbocycles. The summed E-state index contributed by atoms with van der Waals surface area (Å²) in [4.78, 5) is 38.5. The third kappa shape index (κ3) is 2.93. The van der Waals surface area contributed by atoms with Crippen LogP contribution in [0.25, 0.3) is 0 Å². The Hall–Kier alpha value is -1.99. The molecule has 2 aliphatic carbocycles. The van der Waals surface area contributed by atoms with Crippen LogP contribution in [0.2, 0.25) is 0 Å². The standard InChI is InChI=1S/C20H25NO6/c1-10-4-5-12-13(8-21-6-2-3-14(21)19(24)25)20(26)27-18(12)17-11(9-22)7-15(23)16(10)17/h7,12-14,17-18,22H,2-6,8-9H2,1H3,(H,24,25). The minimum absolute atomic E-state index is 0.0779. The van der Waals surface area contributed by atoms with E-state index in [-0.39, 0.29) is 30.2 Å². The Balaban J connectivity index is 1.61. The number of likely N-dealkylation sites (tertiary alicyclic amines) is 1. The third-order valence-corrected chi connectivity index (χ3v) is 6.69. The van der Waals surface area contributed by atoms with Gasteiger partial charge in [-0.1, -0.05) is 5.57 Å². The molecule has 0 spiro atoms. The predicted molar refractivity (Wildman–Crippen MR) is 94.7 cm³/mol. The van der Waals surface area contributed by atoms with Crippen molar-refractivity contribution in [2.75, 3.05) is 19.7 Å². The number of rotatable bonds is 4. The maximum atomic E-state index is 12.7. The van der Waals surface area contributed by atoms with Gasteiger partial charge in [0.25, 0.3) is 0 Å². The monoisotopic (exact) mass is 375 g/mol. The number of esters is 1. The second-order valence-electron chi connectivity index (χ2n) is 8.12. The largest absolute Gasteiger partial charge is 0.480 e. The lowest BCUT2D eigenvalue weighted by Crippen LogP contribution is -2.42. The number of ketones is 1. The zero-order valence-corrected chi connectivity index (χ0v) is 15.4. The van der Waals surface area contributed by atoms with Gasteiger partial charge in [-0.2, -0.15) is 0 Å². The van der Waals surface area contributed by atoms with Crippen molar-refractivity contribution in [3.05, 3.63) is 22.8 Å². The van der Waals surface area contributed by atoms with Crippen molar-refractivity contribution in [1.29, 1.82) is 0 Å². The fourth-order valence-corrected chi connectivity index (χ4v) is 5.37. The summed E-state index contributed by atoms with van der Waals surface area (Å²) in [5.74, 6) is -2.08. The van der Waals surface area contributed by atoms with Gasteiger partial charge in [-0.15, -0.1) is 0 Å². The van der Waals surface area contributed by atoms with Gasteiger partial charge in [0.1, 0.15) is 12.1 Å². The van der Waals surface area contributed by atoms with Crippen molar-refractivity contribution in [3.63, 3.8) is 0 Å². The highest BCUT2D eigenvalue weighted by Gasteiger charge is 2.53. The van der Waals surface area contributed by atoms with Crippen molar-refractivity contribution in [1.82, 2.24) is 4.90 Å². The van der Waals surface area contributed by atoms with Crippen LogP contribution in [-0.2, 0) is 19.1 Å². The fraction of sp³-hybridized carbons (Fsp3) is 0.650. The summed E-state index contributed by atoms with van der Waals surface area (Å²) in [6.45, 7) is 2.76. The Morgan fingerprint density at radius 1 is 1.33 bits per heavy atom. The van der Waals surface area contributed by atoms with E-state index in [2.05, 4.69) is 0 Å². The number of aliphatic hydroxyl groups is 1. The Bertz CT molecular complexity index is 754. The molecule has 0 radical (unpaired) electrons. The highest BCUT2D eigenvalue weighted by molar-refractivity contribution is 6.09. The van der Waals surface area contributed by atoms with Gasteiger partial charge >= 0.3 is 11.9 Å². The summed E-state index contributed by atoms with van der Waals surface area (Å²) >= 11 is 0. The lowest BCUT2D eigenvalue weighted by molar-refractivity contribution is -0.147. The molecule has 146 valence electrons. The summed E-state index contributed by atoms with van der Waals surface area (Å²) in [5.41, 5.74) is 2.28. The Kier molecular flexibility index (Phi) is 4.68. The molecule has 0 aromatic heterocycles. The van der Waals surface area contributed by atoms with Gasteiger partial charge < -0.3 is 14.9 Å². The summed E-state index contributed by atoms with van der Waals surface area (Å²) < 4.78 is 5.76. The number of carboxylic acid groups (broad SMARTS) is 1. The number of carboxylic acids is 1. The first-order valence-electron chi connectivity index (χ1n) is 9.65. The molecule has 2 heterocycles. The van der Waals surface area contributed by atoms with Gasteiger partial charge in [0, 0.05) is 24.0 Å². The summed E-state index contributed by atoms with van der Waals surface area (Å²) in [6.07, 6.45) is 3.88. The first-order chi connectivity index (χ1) is 12.9. The fourth-order valence-electron chi connectivity index (χ4n) is 5.37. The summed E-state index contributed by atoms with van der Waals surface area (Å²) in [5, 5.41) is 19.1. The molecule has 0 bridgehead atoms. The van der Waals surface area contributed by atoms with Gasteiger partial charge in [0.05, 0.1) is 12.5 Å². The molecule has 7 heteroatoms. The SMILES string of the molecule is CC1=C2C(=O)C=C(CO)C2C2OC(=O)C(CN3CCCC3C(=O)O)C2CC1. The van der Waals surface area contributed by atoms with Crippen LogP contribution in [0, 0.1) is 17.8 Å². The number of aliphatic carboxylic acids is 1. The second-order valence-corrected chi connectivity index (χ2v) is 8.12. The topological polar surface area (TPSA) is 104 Å². The molecular formula is C20H25NO6. The van der Waals surface area contributed by atoms with E-state index in [0.29, 0.717) is 37.1 Å². The molecule has 2 aliphatic heterocycles. The maximum absolute atomic E-state index is 12.7. The first-order valence-corrected chi connectivity index (χ1v) is 9.65. The minimum atomic E-state index is -0.844. The van der Waals surface area contributed by atoms with Gasteiger partial charge in [-0.05, 0) is 50.8 Å². The van der Waals surface area contributed by atoms with E-state index in [4.69, 9.17) is 4.74 Å². The number of hydrogen-bond acceptors (Lipinski definition) is 6. The lowest BCUT2D eigenvalue weighted by Gasteiger charge is -2.28. The second kappa shape index (κ2) is 6.87. The van der Waals surface area contributed by atoms with E-state index < -0.39 is 24.0 Å². The van der Waals surface area contributed by atoms with Gasteiger partial charge in [0.2, 0.25) is 0 Å². The zero-order chi connectivity index (χ0) is 19.3. The third-order valence-electron chi connectivity index (χ3n) is 6.69. The summed E-state index contributed by atoms with van der Waals surface area (Å²) in [6, 6.07) is -0.543. The highest BCUT2D eigenvalue weighted by Crippen LogP contribution is 2.48. The van der Waals surface area contributed by atoms with Crippen molar-refractivity contribution < 1.29 is 29.3 Å². The van der Waals surface area contributed by atoms with E-state index in [0.717, 1.165) is 18.4 Å². The lowest BCUT2D eigenvalue weighted by atomic mass is 9.80. The number of aliphatic hydroxyl groups excluding tert-OH is 1. The van der Waals surface area contributed by atoms with Crippen molar-refractivity contribution >= 4 is 17.7 Å². The van der Waals surface area contributed by atoms with Crippen LogP contribution >= 0.6 is 0 Å². The number of carbonyl (C=O) groups excluding carboxylic acids is 2. The molecule has 4 aliphatic rings. The molecule has 5 unspecified atom stereocenters. The number of allylic oxidation sites excluding steroid dienone is 2. The molecule has 2 fully saturated rings. The van der Waals surface area contributed by atoms with Crippen molar-refractivity contribution in [2.45, 2.75) is 44.8 Å². The van der Waals surface area contributed by atoms with Crippen LogP contribution < -0.4 is 0 Å². The number of nitrogens with zero attached hydrogens (tertiary/aromatic N) is 1. The molecule has 2 N–H and O–H groups in total. The Labute approximate surface area is 157 Å². The van der Waals surface area contributed by atoms with Crippen LogP contribution in [0.1, 0.15) is 32.6 Å². The summed E-state index contributed by atoms with van der Waals surface area (Å²) in [7, 11) is 0. The van der Waals surface area contributed by atoms with Crippen LogP contribution in [0.3, 0.4) is 0 Å². The van der Waals surface area contributed by atoms with Crippen LogP contribution in [0.15, 0.2) is 22.8 Å². The molecule has 0 aromatic carbocycles. The molecule has 0 aromatic rings. The van der Waals surface area contributed by atoms with Crippen LogP contribution in [-0.4, -0.2) is 64.7 Å². The average Bonchev–Trinajstić information content (AvgIpc) is 3.27. The first kappa shape index (κ1) is 18.4. The van der Waals surface area contributed by atoms with E-state index in [1.165, 1.54) is 6.08 Å². The normalized spacial score (nSPS) is 36.4. The van der Waals surface area contributed by atoms with Crippen LogP contribution in [0.5, 0.6) is 0 Å². The molecular weight excluding hydrogens is 350 g/mol. The highest BCUT2D eigenvalue weighted by atomic mass is 16.6. The van der Waals surface area contributed by atoms with Gasteiger partial charge in [0.15, 0.2) is 5.78 Å². The Morgan fingerprint density at radius 2 is 2.11 bits per heavy atom. The molecule has 5 atom stereocenters. The number of hydrogen-bond donors (Lipinski definition) is 2. The number of carbonyl (C=O) groups is 3. The van der Waals surface area contributed by atoms with E-state index in [1.54, 1.807) is 0 Å². The zero-order valence-electron chi connectivity index (χ0n) is 15.4. The number of fused-ring (bicyclic) bond motifs is 3. The van der Waals surface area contributed by atoms with E-state index in [9.17, 15) is 24.6 Å². The number of ether oxygens (including phenoxy) is 1. The van der Waals surface area contributed by atoms with E-state index in [1.807, 2.05) is 11.8 Å². The quantitative estimate of drug-likeness (QED) is 0.704. The molecule has 2 saturated heterocycles. The van der Waals surface area contributed by atoms with Crippen molar-refractivity contribution in [3.8, 4) is 0 Å². The van der Waals surface area contributed by atoms with Gasteiger partial charge in [-0.3, -0.25) is 19.3 Å². The minimum Gasteiger partial charge on any atom is -0.480 e. The van der Waals surface area contributed by atoms with E-state index >= 15 is 0 Å². The maximum Gasteiger partial charge on any atom is 0.320 e. The molecule has 0 amide bonds. The average molecular weight is 375 g/mol. The van der Waals surface area contributed by atoms with Crippen molar-refractivity contribution in [2.24, 2.45) is 17.8 Å². The molecule has 27 heavy (non-hydrogen) atoms. The van der Waals surface area contributed by atoms with Crippen LogP contribution in [0.4, 0.5) is 0 Å². The van der Waals surface area contributed by atoms with Gasteiger partial charge in [-0.25, -0.2) is 0 Å². The predicted octanol–water partition coefficient (Wildman–Crippen LogP) is 0.921.